The third kappa shape index (κ3) is 3.11. The first-order chi connectivity index (χ1) is 10.2. The van der Waals surface area contributed by atoms with Crippen molar-refractivity contribution in [2.45, 2.75) is 13.3 Å². The van der Waals surface area contributed by atoms with Crippen LogP contribution in [-0.2, 0) is 6.42 Å². The van der Waals surface area contributed by atoms with Crippen LogP contribution >= 0.6 is 11.3 Å². The number of thiophene rings is 1. The van der Waals surface area contributed by atoms with Crippen molar-refractivity contribution in [3.8, 4) is 0 Å². The van der Waals surface area contributed by atoms with Crippen molar-refractivity contribution < 1.29 is 4.79 Å². The molecule has 104 valence electrons. The van der Waals surface area contributed by atoms with Crippen LogP contribution < -0.4 is 0 Å². The summed E-state index contributed by atoms with van der Waals surface area (Å²) in [5.74, 6) is 0.111. The lowest BCUT2D eigenvalue weighted by Crippen LogP contribution is -2.01. The molecule has 21 heavy (non-hydrogen) atoms. The number of ketones is 1. The van der Waals surface area contributed by atoms with E-state index in [9.17, 15) is 4.79 Å². The quantitative estimate of drug-likeness (QED) is 0.626. The van der Waals surface area contributed by atoms with E-state index >= 15 is 0 Å². The lowest BCUT2D eigenvalue weighted by molar-refractivity contribution is 0.103. The van der Waals surface area contributed by atoms with E-state index < -0.39 is 0 Å². The van der Waals surface area contributed by atoms with Crippen LogP contribution in [0.5, 0.6) is 0 Å². The van der Waals surface area contributed by atoms with Gasteiger partial charge in [0, 0.05) is 16.5 Å². The Balaban J connectivity index is 1.78. The predicted octanol–water partition coefficient (Wildman–Crippen LogP) is 4.88. The van der Waals surface area contributed by atoms with Gasteiger partial charge in [0.25, 0.3) is 0 Å². The Morgan fingerprint density at radius 1 is 0.905 bits per heavy atom. The molecule has 0 spiro atoms. The summed E-state index contributed by atoms with van der Waals surface area (Å²) in [6.07, 6.45) is 0.896. The predicted molar refractivity (Wildman–Crippen MR) is 88.2 cm³/mol. The normalized spacial score (nSPS) is 10.5. The molecule has 0 bridgehead atoms. The van der Waals surface area contributed by atoms with Crippen molar-refractivity contribution in [2.75, 3.05) is 0 Å². The van der Waals surface area contributed by atoms with Crippen molar-refractivity contribution >= 4 is 17.1 Å². The largest absolute Gasteiger partial charge is 0.289 e. The number of carbonyl (C=O) groups is 1. The van der Waals surface area contributed by atoms with Gasteiger partial charge in [0.15, 0.2) is 5.78 Å². The molecule has 0 radical (unpaired) electrons. The fraction of sp³-hybridized carbons (Fsp3) is 0.105. The average Bonchev–Trinajstić information content (AvgIpc) is 2.94. The highest BCUT2D eigenvalue weighted by Gasteiger charge is 2.12. The summed E-state index contributed by atoms with van der Waals surface area (Å²) >= 11 is 1.57. The van der Waals surface area contributed by atoms with E-state index in [1.807, 2.05) is 60.1 Å². The lowest BCUT2D eigenvalue weighted by atomic mass is 9.99. The second-order valence-corrected chi connectivity index (χ2v) is 5.90. The lowest BCUT2D eigenvalue weighted by Gasteiger charge is -2.04. The number of hydrogen-bond acceptors (Lipinski definition) is 2. The third-order valence-corrected chi connectivity index (χ3v) is 4.43. The Morgan fingerprint density at radius 3 is 2.19 bits per heavy atom. The molecule has 1 nitrogen and oxygen atoms in total. The molecule has 0 saturated carbocycles. The van der Waals surface area contributed by atoms with Crippen LogP contribution in [-0.4, -0.2) is 5.78 Å². The second kappa shape index (κ2) is 6.06. The van der Waals surface area contributed by atoms with Gasteiger partial charge in [-0.3, -0.25) is 4.79 Å². The molecular formula is C19H16OS. The molecule has 0 aliphatic heterocycles. The summed E-state index contributed by atoms with van der Waals surface area (Å²) in [7, 11) is 0. The highest BCUT2D eigenvalue weighted by Crippen LogP contribution is 2.19. The molecule has 1 aromatic heterocycles. The van der Waals surface area contributed by atoms with E-state index in [2.05, 4.69) is 12.1 Å². The molecule has 2 heteroatoms. The van der Waals surface area contributed by atoms with Gasteiger partial charge in [-0.15, -0.1) is 0 Å². The molecule has 0 fully saturated rings. The molecule has 3 aromatic rings. The molecule has 0 aliphatic rings. The summed E-state index contributed by atoms with van der Waals surface area (Å²) in [5.41, 5.74) is 5.13. The summed E-state index contributed by atoms with van der Waals surface area (Å²) < 4.78 is 0. The van der Waals surface area contributed by atoms with E-state index in [-0.39, 0.29) is 5.78 Å². The van der Waals surface area contributed by atoms with Gasteiger partial charge in [0.1, 0.15) is 0 Å². The standard InChI is InChI=1S/C19H16OS/c1-14-12-21-13-18(14)19(20)17-9-7-16(8-10-17)11-15-5-3-2-4-6-15/h2-10,12-13H,11H2,1H3. The molecule has 0 atom stereocenters. The summed E-state index contributed by atoms with van der Waals surface area (Å²) in [4.78, 5) is 12.4. The number of benzene rings is 2. The van der Waals surface area contributed by atoms with Crippen LogP contribution in [0.2, 0.25) is 0 Å². The molecule has 3 rings (SSSR count). The topological polar surface area (TPSA) is 17.1 Å². The van der Waals surface area contributed by atoms with Crippen molar-refractivity contribution in [3.05, 3.63) is 93.2 Å². The Hall–Kier alpha value is -2.19. The Morgan fingerprint density at radius 2 is 1.57 bits per heavy atom. The number of hydrogen-bond donors (Lipinski definition) is 0. The molecule has 0 amide bonds. The zero-order chi connectivity index (χ0) is 14.7. The van der Waals surface area contributed by atoms with E-state index in [0.29, 0.717) is 0 Å². The Labute approximate surface area is 128 Å². The van der Waals surface area contributed by atoms with Crippen LogP contribution in [0.15, 0.2) is 65.4 Å². The molecule has 0 unspecified atom stereocenters. The number of aryl methyl sites for hydroxylation is 1. The molecule has 0 aliphatic carbocycles. The van der Waals surface area contributed by atoms with Gasteiger partial charge in [-0.25, -0.2) is 0 Å². The van der Waals surface area contributed by atoms with Crippen LogP contribution in [0.25, 0.3) is 0 Å². The number of carbonyl (C=O) groups excluding carboxylic acids is 1. The maximum atomic E-state index is 12.4. The molecule has 1 heterocycles. The minimum atomic E-state index is 0.111. The van der Waals surface area contributed by atoms with Crippen LogP contribution in [0, 0.1) is 6.92 Å². The number of rotatable bonds is 4. The van der Waals surface area contributed by atoms with E-state index in [1.165, 1.54) is 11.1 Å². The summed E-state index contributed by atoms with van der Waals surface area (Å²) in [5, 5.41) is 3.94. The Kier molecular flexibility index (Phi) is 3.98. The van der Waals surface area contributed by atoms with E-state index in [4.69, 9.17) is 0 Å². The van der Waals surface area contributed by atoms with Gasteiger partial charge < -0.3 is 0 Å². The van der Waals surface area contributed by atoms with Gasteiger partial charge >= 0.3 is 0 Å². The fourth-order valence-corrected chi connectivity index (χ4v) is 3.18. The highest BCUT2D eigenvalue weighted by atomic mass is 32.1. The van der Waals surface area contributed by atoms with E-state index in [1.54, 1.807) is 11.3 Å². The van der Waals surface area contributed by atoms with Gasteiger partial charge in [0.2, 0.25) is 0 Å². The smallest absolute Gasteiger partial charge is 0.194 e. The molecule has 2 aromatic carbocycles. The minimum Gasteiger partial charge on any atom is -0.289 e. The van der Waals surface area contributed by atoms with Crippen molar-refractivity contribution in [3.63, 3.8) is 0 Å². The molecule has 0 N–H and O–H groups in total. The minimum absolute atomic E-state index is 0.111. The summed E-state index contributed by atoms with van der Waals surface area (Å²) in [6, 6.07) is 18.3. The summed E-state index contributed by atoms with van der Waals surface area (Å²) in [6.45, 7) is 1.98. The fourth-order valence-electron chi connectivity index (χ4n) is 2.35. The first kappa shape index (κ1) is 13.8. The van der Waals surface area contributed by atoms with E-state index in [0.717, 1.165) is 23.1 Å². The highest BCUT2D eigenvalue weighted by molar-refractivity contribution is 7.08. The zero-order valence-electron chi connectivity index (χ0n) is 11.9. The van der Waals surface area contributed by atoms with Gasteiger partial charge in [-0.1, -0.05) is 54.6 Å². The maximum Gasteiger partial charge on any atom is 0.194 e. The van der Waals surface area contributed by atoms with Crippen LogP contribution in [0.4, 0.5) is 0 Å². The zero-order valence-corrected chi connectivity index (χ0v) is 12.7. The average molecular weight is 292 g/mol. The van der Waals surface area contributed by atoms with Gasteiger partial charge in [0.05, 0.1) is 0 Å². The first-order valence-corrected chi connectivity index (χ1v) is 7.88. The second-order valence-electron chi connectivity index (χ2n) is 5.16. The van der Waals surface area contributed by atoms with Crippen molar-refractivity contribution in [1.29, 1.82) is 0 Å². The monoisotopic (exact) mass is 292 g/mol. The molecular weight excluding hydrogens is 276 g/mol. The SMILES string of the molecule is Cc1cscc1C(=O)c1ccc(Cc2ccccc2)cc1. The van der Waals surface area contributed by atoms with Crippen molar-refractivity contribution in [2.24, 2.45) is 0 Å². The first-order valence-electron chi connectivity index (χ1n) is 6.94. The molecule has 0 saturated heterocycles. The maximum absolute atomic E-state index is 12.4. The van der Waals surface area contributed by atoms with Crippen LogP contribution in [0.1, 0.15) is 32.6 Å². The van der Waals surface area contributed by atoms with Gasteiger partial charge in [-0.05, 0) is 35.4 Å². The van der Waals surface area contributed by atoms with Crippen molar-refractivity contribution in [1.82, 2.24) is 0 Å². The Bertz CT molecular complexity index is 739. The third-order valence-electron chi connectivity index (χ3n) is 3.57. The van der Waals surface area contributed by atoms with Gasteiger partial charge in [-0.2, -0.15) is 11.3 Å². The van der Waals surface area contributed by atoms with Crippen LogP contribution in [0.3, 0.4) is 0 Å².